The van der Waals surface area contributed by atoms with Crippen molar-refractivity contribution in [3.05, 3.63) is 6.33 Å². The zero-order valence-corrected chi connectivity index (χ0v) is 10.8. The predicted octanol–water partition coefficient (Wildman–Crippen LogP) is 1.36. The van der Waals surface area contributed by atoms with Gasteiger partial charge in [-0.1, -0.05) is 6.92 Å². The van der Waals surface area contributed by atoms with Crippen molar-refractivity contribution < 1.29 is 4.74 Å². The Kier molecular flexibility index (Phi) is 4.29. The van der Waals surface area contributed by atoms with E-state index in [9.17, 15) is 0 Å². The van der Waals surface area contributed by atoms with Gasteiger partial charge >= 0.3 is 6.01 Å². The summed E-state index contributed by atoms with van der Waals surface area (Å²) in [5.74, 6) is 0. The van der Waals surface area contributed by atoms with Crippen molar-refractivity contribution >= 4 is 0 Å². The average molecular weight is 226 g/mol. The fourth-order valence-electron chi connectivity index (χ4n) is 1.21. The number of aromatic nitrogens is 3. The Morgan fingerprint density at radius 1 is 1.50 bits per heavy atom. The molecule has 0 saturated carbocycles. The van der Waals surface area contributed by atoms with Crippen LogP contribution in [0.5, 0.6) is 6.01 Å². The van der Waals surface area contributed by atoms with Crippen LogP contribution in [0.25, 0.3) is 0 Å². The number of nitrogens with zero attached hydrogens (tertiary/aromatic N) is 3. The number of nitrogens with one attached hydrogen (secondary N) is 1. The van der Waals surface area contributed by atoms with Crippen molar-refractivity contribution in [2.24, 2.45) is 7.05 Å². The van der Waals surface area contributed by atoms with E-state index < -0.39 is 0 Å². The summed E-state index contributed by atoms with van der Waals surface area (Å²) >= 11 is 0. The van der Waals surface area contributed by atoms with Crippen LogP contribution in [0.2, 0.25) is 0 Å². The topological polar surface area (TPSA) is 52.0 Å². The molecule has 0 spiro atoms. The van der Waals surface area contributed by atoms with Gasteiger partial charge in [0.05, 0.1) is 0 Å². The van der Waals surface area contributed by atoms with Gasteiger partial charge in [-0.25, -0.2) is 0 Å². The molecule has 0 aromatic carbocycles. The molecule has 0 aliphatic rings. The lowest BCUT2D eigenvalue weighted by molar-refractivity contribution is 0.166. The molecule has 0 bridgehead atoms. The smallest absolute Gasteiger partial charge is 0.335 e. The Balaban J connectivity index is 2.43. The van der Waals surface area contributed by atoms with E-state index in [2.05, 4.69) is 43.1 Å². The largest absolute Gasteiger partial charge is 0.458 e. The Labute approximate surface area is 97.2 Å². The Morgan fingerprint density at radius 2 is 2.19 bits per heavy atom. The van der Waals surface area contributed by atoms with E-state index >= 15 is 0 Å². The molecule has 0 aliphatic carbocycles. The molecule has 1 unspecified atom stereocenters. The van der Waals surface area contributed by atoms with Crippen LogP contribution in [0.15, 0.2) is 6.33 Å². The van der Waals surface area contributed by atoms with Crippen LogP contribution in [0.3, 0.4) is 0 Å². The number of hydrogen-bond donors (Lipinski definition) is 1. The maximum absolute atomic E-state index is 5.67. The molecule has 0 amide bonds. The van der Waals surface area contributed by atoms with E-state index in [0.717, 1.165) is 13.0 Å². The second-order valence-corrected chi connectivity index (χ2v) is 4.98. The van der Waals surface area contributed by atoms with Gasteiger partial charge in [0.2, 0.25) is 0 Å². The van der Waals surface area contributed by atoms with Gasteiger partial charge in [0.25, 0.3) is 0 Å². The summed E-state index contributed by atoms with van der Waals surface area (Å²) < 4.78 is 7.31. The van der Waals surface area contributed by atoms with E-state index in [1.165, 1.54) is 0 Å². The van der Waals surface area contributed by atoms with E-state index in [4.69, 9.17) is 4.74 Å². The normalized spacial score (nSPS) is 13.8. The summed E-state index contributed by atoms with van der Waals surface area (Å²) in [5.41, 5.74) is 0.105. The number of aryl methyl sites for hydroxylation is 1. The van der Waals surface area contributed by atoms with E-state index in [1.807, 2.05) is 7.05 Å². The Hall–Kier alpha value is -1.10. The van der Waals surface area contributed by atoms with Crippen molar-refractivity contribution in [1.82, 2.24) is 20.1 Å². The van der Waals surface area contributed by atoms with Gasteiger partial charge in [-0.05, 0) is 27.2 Å². The van der Waals surface area contributed by atoms with Gasteiger partial charge in [0.1, 0.15) is 12.4 Å². The molecule has 92 valence electrons. The maximum atomic E-state index is 5.67. The highest BCUT2D eigenvalue weighted by Crippen LogP contribution is 2.06. The first kappa shape index (κ1) is 13.0. The monoisotopic (exact) mass is 226 g/mol. The van der Waals surface area contributed by atoms with Gasteiger partial charge < -0.3 is 10.1 Å². The molecular formula is C11H22N4O. The lowest BCUT2D eigenvalue weighted by Gasteiger charge is -2.24. The third kappa shape index (κ3) is 4.61. The van der Waals surface area contributed by atoms with Gasteiger partial charge in [-0.2, -0.15) is 4.98 Å². The van der Waals surface area contributed by atoms with Crippen LogP contribution >= 0.6 is 0 Å². The minimum absolute atomic E-state index is 0.105. The van der Waals surface area contributed by atoms with E-state index in [-0.39, 0.29) is 11.6 Å². The molecule has 1 heterocycles. The van der Waals surface area contributed by atoms with Crippen LogP contribution in [0.1, 0.15) is 34.1 Å². The molecule has 0 radical (unpaired) electrons. The van der Waals surface area contributed by atoms with E-state index in [1.54, 1.807) is 11.0 Å². The van der Waals surface area contributed by atoms with Crippen LogP contribution in [0.4, 0.5) is 0 Å². The molecule has 5 heteroatoms. The second-order valence-electron chi connectivity index (χ2n) is 4.98. The third-order valence-electron chi connectivity index (χ3n) is 2.17. The molecule has 5 nitrogen and oxygen atoms in total. The van der Waals surface area contributed by atoms with Gasteiger partial charge in [0, 0.05) is 19.1 Å². The summed E-state index contributed by atoms with van der Waals surface area (Å²) in [5, 5.41) is 7.51. The number of hydrogen-bond acceptors (Lipinski definition) is 4. The quantitative estimate of drug-likeness (QED) is 0.823. The van der Waals surface area contributed by atoms with Crippen molar-refractivity contribution in [2.75, 3.05) is 6.54 Å². The third-order valence-corrected chi connectivity index (χ3v) is 2.17. The first-order valence-corrected chi connectivity index (χ1v) is 5.68. The Bertz CT molecular complexity index is 316. The summed E-state index contributed by atoms with van der Waals surface area (Å²) in [4.78, 5) is 4.05. The zero-order chi connectivity index (χ0) is 12.2. The second kappa shape index (κ2) is 5.30. The molecule has 0 aliphatic heterocycles. The average Bonchev–Trinajstić information content (AvgIpc) is 2.57. The minimum Gasteiger partial charge on any atom is -0.458 e. The zero-order valence-electron chi connectivity index (χ0n) is 10.8. The first-order chi connectivity index (χ1) is 7.40. The fourth-order valence-corrected chi connectivity index (χ4v) is 1.21. The van der Waals surface area contributed by atoms with Crippen molar-refractivity contribution in [3.8, 4) is 6.01 Å². The standard InChI is InChI=1S/C11H22N4O/c1-6-9(7-13-11(2,3)4)16-10-12-8-15(5)14-10/h8-9,13H,6-7H2,1-5H3. The van der Waals surface area contributed by atoms with Crippen LogP contribution < -0.4 is 10.1 Å². The van der Waals surface area contributed by atoms with Crippen LogP contribution in [-0.4, -0.2) is 33.0 Å². The lowest BCUT2D eigenvalue weighted by Crippen LogP contribution is -2.42. The molecule has 1 aromatic rings. The molecule has 0 fully saturated rings. The molecule has 1 aromatic heterocycles. The summed E-state index contributed by atoms with van der Waals surface area (Å²) in [7, 11) is 1.83. The highest BCUT2D eigenvalue weighted by molar-refractivity contribution is 4.89. The highest BCUT2D eigenvalue weighted by atomic mass is 16.5. The Morgan fingerprint density at radius 3 is 2.62 bits per heavy atom. The molecule has 16 heavy (non-hydrogen) atoms. The lowest BCUT2D eigenvalue weighted by atomic mass is 10.1. The number of rotatable bonds is 5. The molecule has 0 saturated heterocycles. The minimum atomic E-state index is 0.105. The number of ether oxygens (including phenoxy) is 1. The molecular weight excluding hydrogens is 204 g/mol. The van der Waals surface area contributed by atoms with Crippen molar-refractivity contribution in [1.29, 1.82) is 0 Å². The van der Waals surface area contributed by atoms with Crippen LogP contribution in [-0.2, 0) is 7.05 Å². The summed E-state index contributed by atoms with van der Waals surface area (Å²) in [6.07, 6.45) is 2.68. The maximum Gasteiger partial charge on any atom is 0.335 e. The van der Waals surface area contributed by atoms with E-state index in [0.29, 0.717) is 6.01 Å². The van der Waals surface area contributed by atoms with Crippen molar-refractivity contribution in [2.45, 2.75) is 45.8 Å². The predicted molar refractivity (Wildman–Crippen MR) is 63.5 cm³/mol. The first-order valence-electron chi connectivity index (χ1n) is 5.68. The molecule has 1 rings (SSSR count). The highest BCUT2D eigenvalue weighted by Gasteiger charge is 2.15. The SMILES string of the molecule is CCC(CNC(C)(C)C)Oc1ncn(C)n1. The van der Waals surface area contributed by atoms with Gasteiger partial charge in [-0.3, -0.25) is 4.68 Å². The summed E-state index contributed by atoms with van der Waals surface area (Å²) in [6, 6.07) is 0.449. The van der Waals surface area contributed by atoms with Crippen LogP contribution in [0, 0.1) is 0 Å². The molecule has 1 atom stereocenters. The van der Waals surface area contributed by atoms with Gasteiger partial charge in [0.15, 0.2) is 0 Å². The molecule has 1 N–H and O–H groups in total. The van der Waals surface area contributed by atoms with Gasteiger partial charge in [-0.15, -0.1) is 5.10 Å². The fraction of sp³-hybridized carbons (Fsp3) is 0.818. The van der Waals surface area contributed by atoms with Crippen molar-refractivity contribution in [3.63, 3.8) is 0 Å². The summed E-state index contributed by atoms with van der Waals surface area (Å²) in [6.45, 7) is 9.31.